The lowest BCUT2D eigenvalue weighted by atomic mass is 10.0. The Hall–Kier alpha value is -3.53. The fourth-order valence-corrected chi connectivity index (χ4v) is 3.08. The third-order valence-electron chi connectivity index (χ3n) is 4.59. The molecule has 138 valence electrons. The Bertz CT molecular complexity index is 1040. The van der Waals surface area contributed by atoms with E-state index in [1.165, 1.54) is 0 Å². The van der Waals surface area contributed by atoms with E-state index in [9.17, 15) is 4.79 Å². The lowest BCUT2D eigenvalue weighted by Crippen LogP contribution is -2.01. The van der Waals surface area contributed by atoms with Gasteiger partial charge in [0.2, 0.25) is 11.8 Å². The fourth-order valence-electron chi connectivity index (χ4n) is 3.08. The Labute approximate surface area is 163 Å². The molecule has 0 aliphatic heterocycles. The van der Waals surface area contributed by atoms with Gasteiger partial charge in [0.05, 0.1) is 6.42 Å². The standard InChI is InChI=1S/C24H20N2O2/c27-22(21-13-11-20(12-14-21)19-9-5-2-6-10-19)15-16-23-25-26-24(28-23)17-18-7-3-1-4-8-18/h1-14H,15-17H2. The topological polar surface area (TPSA) is 56.0 Å². The monoisotopic (exact) mass is 368 g/mol. The van der Waals surface area contributed by atoms with Gasteiger partial charge in [-0.1, -0.05) is 84.9 Å². The van der Waals surface area contributed by atoms with Crippen molar-refractivity contribution >= 4 is 5.78 Å². The minimum Gasteiger partial charge on any atom is -0.425 e. The van der Waals surface area contributed by atoms with Crippen molar-refractivity contribution in [1.29, 1.82) is 0 Å². The van der Waals surface area contributed by atoms with Gasteiger partial charge in [0.1, 0.15) is 0 Å². The number of rotatable bonds is 7. The highest BCUT2D eigenvalue weighted by Gasteiger charge is 2.11. The quantitative estimate of drug-likeness (QED) is 0.424. The first-order chi connectivity index (χ1) is 13.8. The Morgan fingerprint density at radius 3 is 2.04 bits per heavy atom. The van der Waals surface area contributed by atoms with Gasteiger partial charge in [-0.05, 0) is 16.7 Å². The number of carbonyl (C=O) groups is 1. The van der Waals surface area contributed by atoms with Gasteiger partial charge in [0, 0.05) is 18.4 Å². The Morgan fingerprint density at radius 1 is 0.714 bits per heavy atom. The van der Waals surface area contributed by atoms with Gasteiger partial charge in [-0.15, -0.1) is 10.2 Å². The zero-order valence-electron chi connectivity index (χ0n) is 15.4. The highest BCUT2D eigenvalue weighted by atomic mass is 16.4. The summed E-state index contributed by atoms with van der Waals surface area (Å²) in [5.74, 6) is 1.14. The summed E-state index contributed by atoms with van der Waals surface area (Å²) in [5.41, 5.74) is 4.05. The molecule has 0 unspecified atom stereocenters. The van der Waals surface area contributed by atoms with Gasteiger partial charge in [-0.3, -0.25) is 4.79 Å². The van der Waals surface area contributed by atoms with Crippen LogP contribution in [0.25, 0.3) is 11.1 Å². The Kier molecular flexibility index (Phi) is 5.38. The number of aromatic nitrogens is 2. The zero-order valence-corrected chi connectivity index (χ0v) is 15.4. The summed E-state index contributed by atoms with van der Waals surface area (Å²) in [6.07, 6.45) is 1.39. The maximum atomic E-state index is 12.5. The van der Waals surface area contributed by atoms with Crippen LogP contribution in [0, 0.1) is 0 Å². The normalized spacial score (nSPS) is 10.7. The first-order valence-corrected chi connectivity index (χ1v) is 9.32. The summed E-state index contributed by atoms with van der Waals surface area (Å²) in [6.45, 7) is 0. The highest BCUT2D eigenvalue weighted by Crippen LogP contribution is 2.20. The van der Waals surface area contributed by atoms with E-state index in [-0.39, 0.29) is 5.78 Å². The van der Waals surface area contributed by atoms with Crippen LogP contribution in [0.5, 0.6) is 0 Å². The number of Topliss-reactive ketones (excluding diaryl/α,β-unsaturated/α-hetero) is 1. The molecule has 0 fully saturated rings. The maximum absolute atomic E-state index is 12.5. The first-order valence-electron chi connectivity index (χ1n) is 9.32. The van der Waals surface area contributed by atoms with Gasteiger partial charge in [0.15, 0.2) is 5.78 Å². The molecular formula is C24H20N2O2. The third-order valence-corrected chi connectivity index (χ3v) is 4.59. The van der Waals surface area contributed by atoms with Gasteiger partial charge in [-0.25, -0.2) is 0 Å². The number of carbonyl (C=O) groups excluding carboxylic acids is 1. The summed E-state index contributed by atoms with van der Waals surface area (Å²) in [5, 5.41) is 8.14. The first kappa shape index (κ1) is 17.9. The third kappa shape index (κ3) is 4.41. The second kappa shape index (κ2) is 8.44. The molecule has 0 spiro atoms. The van der Waals surface area contributed by atoms with Crippen LogP contribution in [0.3, 0.4) is 0 Å². The lowest BCUT2D eigenvalue weighted by molar-refractivity contribution is 0.0980. The largest absolute Gasteiger partial charge is 0.425 e. The molecule has 0 amide bonds. The maximum Gasteiger partial charge on any atom is 0.220 e. The number of hydrogen-bond acceptors (Lipinski definition) is 4. The summed E-state index contributed by atoms with van der Waals surface area (Å²) in [6, 6.07) is 27.8. The molecule has 0 bridgehead atoms. The van der Waals surface area contributed by atoms with E-state index in [2.05, 4.69) is 22.3 Å². The second-order valence-corrected chi connectivity index (χ2v) is 6.62. The van der Waals surface area contributed by atoms with Crippen molar-refractivity contribution in [3.63, 3.8) is 0 Å². The molecule has 4 nitrogen and oxygen atoms in total. The summed E-state index contributed by atoms with van der Waals surface area (Å²) >= 11 is 0. The van der Waals surface area contributed by atoms with Crippen molar-refractivity contribution in [1.82, 2.24) is 10.2 Å². The molecule has 0 aliphatic carbocycles. The summed E-state index contributed by atoms with van der Waals surface area (Å²) in [7, 11) is 0. The van der Waals surface area contributed by atoms with Crippen LogP contribution in [0.15, 0.2) is 89.3 Å². The van der Waals surface area contributed by atoms with Crippen molar-refractivity contribution < 1.29 is 9.21 Å². The van der Waals surface area contributed by atoms with E-state index < -0.39 is 0 Å². The molecule has 4 heteroatoms. The van der Waals surface area contributed by atoms with Gasteiger partial charge >= 0.3 is 0 Å². The number of nitrogens with zero attached hydrogens (tertiary/aromatic N) is 2. The Balaban J connectivity index is 1.34. The predicted molar refractivity (Wildman–Crippen MR) is 108 cm³/mol. The molecule has 4 rings (SSSR count). The van der Waals surface area contributed by atoms with Crippen LogP contribution >= 0.6 is 0 Å². The number of hydrogen-bond donors (Lipinski definition) is 0. The van der Waals surface area contributed by atoms with E-state index in [0.717, 1.165) is 16.7 Å². The number of benzene rings is 3. The van der Waals surface area contributed by atoms with Crippen LogP contribution in [-0.2, 0) is 12.8 Å². The summed E-state index contributed by atoms with van der Waals surface area (Å²) in [4.78, 5) is 12.5. The number of ketones is 1. The van der Waals surface area contributed by atoms with Crippen LogP contribution in [0.1, 0.15) is 34.1 Å². The van der Waals surface area contributed by atoms with E-state index in [0.29, 0.717) is 36.6 Å². The highest BCUT2D eigenvalue weighted by molar-refractivity contribution is 5.96. The summed E-state index contributed by atoms with van der Waals surface area (Å²) < 4.78 is 5.68. The fraction of sp³-hybridized carbons (Fsp3) is 0.125. The van der Waals surface area contributed by atoms with Crippen LogP contribution in [0.4, 0.5) is 0 Å². The molecule has 1 aromatic heterocycles. The van der Waals surface area contributed by atoms with Crippen molar-refractivity contribution in [2.45, 2.75) is 19.3 Å². The second-order valence-electron chi connectivity index (χ2n) is 6.62. The van der Waals surface area contributed by atoms with Crippen LogP contribution in [0.2, 0.25) is 0 Å². The molecule has 0 N–H and O–H groups in total. The van der Waals surface area contributed by atoms with Crippen molar-refractivity contribution in [2.24, 2.45) is 0 Å². The van der Waals surface area contributed by atoms with Crippen molar-refractivity contribution in [3.8, 4) is 11.1 Å². The Morgan fingerprint density at radius 2 is 1.32 bits per heavy atom. The minimum atomic E-state index is 0.0717. The van der Waals surface area contributed by atoms with Crippen LogP contribution in [-0.4, -0.2) is 16.0 Å². The zero-order chi connectivity index (χ0) is 19.2. The molecular weight excluding hydrogens is 348 g/mol. The van der Waals surface area contributed by atoms with E-state index in [4.69, 9.17) is 4.42 Å². The molecule has 0 radical (unpaired) electrons. The minimum absolute atomic E-state index is 0.0717. The van der Waals surface area contributed by atoms with Crippen molar-refractivity contribution in [2.75, 3.05) is 0 Å². The number of aryl methyl sites for hydroxylation is 1. The van der Waals surface area contributed by atoms with Gasteiger partial charge < -0.3 is 4.42 Å². The molecule has 0 aliphatic rings. The molecule has 28 heavy (non-hydrogen) atoms. The molecule has 0 saturated heterocycles. The van der Waals surface area contributed by atoms with Crippen molar-refractivity contribution in [3.05, 3.63) is 108 Å². The predicted octanol–water partition coefficient (Wildman–Crippen LogP) is 5.14. The SMILES string of the molecule is O=C(CCc1nnc(Cc2ccccc2)o1)c1ccc(-c2ccccc2)cc1. The molecule has 3 aromatic carbocycles. The lowest BCUT2D eigenvalue weighted by Gasteiger charge is -2.03. The van der Waals surface area contributed by atoms with Crippen LogP contribution < -0.4 is 0 Å². The van der Waals surface area contributed by atoms with E-state index in [1.807, 2.05) is 72.8 Å². The smallest absolute Gasteiger partial charge is 0.220 e. The van der Waals surface area contributed by atoms with E-state index >= 15 is 0 Å². The molecule has 0 atom stereocenters. The van der Waals surface area contributed by atoms with Gasteiger partial charge in [0.25, 0.3) is 0 Å². The molecule has 4 aromatic rings. The average Bonchev–Trinajstić information content (AvgIpc) is 3.21. The molecule has 0 saturated carbocycles. The van der Waals surface area contributed by atoms with E-state index in [1.54, 1.807) is 0 Å². The average molecular weight is 368 g/mol. The van der Waals surface area contributed by atoms with Gasteiger partial charge in [-0.2, -0.15) is 0 Å². The molecule has 1 heterocycles.